The predicted molar refractivity (Wildman–Crippen MR) is 144 cm³/mol. The molecule has 0 saturated carbocycles. The lowest BCUT2D eigenvalue weighted by Crippen LogP contribution is -2.04. The molecule has 0 spiro atoms. The molecule has 0 radical (unpaired) electrons. The fraction of sp³-hybridized carbons (Fsp3) is 0.233. The maximum atomic E-state index is 11.8. The molecule has 5 aromatic rings. The lowest BCUT2D eigenvalue weighted by Gasteiger charge is -2.17. The largest absolute Gasteiger partial charge is 0.488 e. The van der Waals surface area contributed by atoms with E-state index in [0.29, 0.717) is 12.4 Å². The summed E-state index contributed by atoms with van der Waals surface area (Å²) in [6.07, 6.45) is 1.89. The maximum absolute atomic E-state index is 11.8. The zero-order valence-corrected chi connectivity index (χ0v) is 21.4. The van der Waals surface area contributed by atoms with Gasteiger partial charge in [0.1, 0.15) is 18.2 Å². The first kappa shape index (κ1) is 23.0. The molecule has 0 amide bonds. The van der Waals surface area contributed by atoms with Crippen LogP contribution in [-0.4, -0.2) is 19.7 Å². The first-order valence-corrected chi connectivity index (χ1v) is 12.6. The summed E-state index contributed by atoms with van der Waals surface area (Å²) in [4.78, 5) is 19.5. The Hall–Kier alpha value is -4.39. The van der Waals surface area contributed by atoms with Crippen LogP contribution in [0.4, 0.5) is 0 Å². The summed E-state index contributed by atoms with van der Waals surface area (Å²) in [6, 6.07) is 18.8. The number of hydrogen-bond acceptors (Lipinski definition) is 5. The highest BCUT2D eigenvalue weighted by Gasteiger charge is 2.25. The molecule has 37 heavy (non-hydrogen) atoms. The summed E-state index contributed by atoms with van der Waals surface area (Å²) >= 11 is 0. The van der Waals surface area contributed by atoms with Gasteiger partial charge in [0, 0.05) is 23.2 Å². The number of nitrogens with one attached hydrogen (secondary N) is 1. The summed E-state index contributed by atoms with van der Waals surface area (Å²) in [6.45, 7) is 8.72. The average Bonchev–Trinajstić information content (AvgIpc) is 3.44. The van der Waals surface area contributed by atoms with Crippen molar-refractivity contribution >= 4 is 22.2 Å². The second-order valence-electron chi connectivity index (χ2n) is 9.58. The smallest absolute Gasteiger partial charge is 0.439 e. The van der Waals surface area contributed by atoms with Gasteiger partial charge in [0.05, 0.1) is 11.0 Å². The standard InChI is InChI=1S/C30H28N4O3/c1-5-8-25-31-28-18(3)10-6-11-23(28)34(25)21-13-14-22-20(15-21)16-36-24-12-7-9-17(2)26(24)27(22)19(4)29-32-30(35)37-33-29/h6-7,9-15H,5,8,16H2,1-4H3,(H,32,33,35)/b27-19+. The molecule has 0 bridgehead atoms. The minimum Gasteiger partial charge on any atom is -0.488 e. The summed E-state index contributed by atoms with van der Waals surface area (Å²) < 4.78 is 13.5. The van der Waals surface area contributed by atoms with Gasteiger partial charge in [-0.25, -0.2) is 9.78 Å². The third kappa shape index (κ3) is 3.78. The van der Waals surface area contributed by atoms with Crippen LogP contribution < -0.4 is 10.5 Å². The molecule has 7 nitrogen and oxygen atoms in total. The molecule has 0 fully saturated rings. The highest BCUT2D eigenvalue weighted by atomic mass is 16.5. The van der Waals surface area contributed by atoms with Crippen LogP contribution in [0.25, 0.3) is 27.9 Å². The average molecular weight is 493 g/mol. The predicted octanol–water partition coefficient (Wildman–Crippen LogP) is 6.14. The number of H-pyrrole nitrogens is 1. The van der Waals surface area contributed by atoms with Crippen molar-refractivity contribution in [1.82, 2.24) is 19.7 Å². The van der Waals surface area contributed by atoms with Crippen LogP contribution in [0, 0.1) is 13.8 Å². The van der Waals surface area contributed by atoms with Crippen LogP contribution in [0.15, 0.2) is 63.9 Å². The van der Waals surface area contributed by atoms with Crippen LogP contribution in [0.2, 0.25) is 0 Å². The quantitative estimate of drug-likeness (QED) is 0.326. The van der Waals surface area contributed by atoms with E-state index in [2.05, 4.69) is 77.9 Å². The van der Waals surface area contributed by atoms with E-state index < -0.39 is 5.76 Å². The SMILES string of the molecule is CCCc1nc2c(C)cccc2n1-c1ccc2c(c1)COc1cccc(C)c1/C2=C(\C)c1noc(=O)[nH]1. The Balaban J connectivity index is 1.60. The minimum atomic E-state index is -0.578. The van der Waals surface area contributed by atoms with E-state index in [9.17, 15) is 4.79 Å². The number of rotatable bonds is 4. The number of hydrogen-bond donors (Lipinski definition) is 1. The summed E-state index contributed by atoms with van der Waals surface area (Å²) in [5.74, 6) is 1.68. The molecule has 1 aliphatic rings. The van der Waals surface area contributed by atoms with E-state index in [4.69, 9.17) is 14.2 Å². The van der Waals surface area contributed by atoms with Crippen molar-refractivity contribution in [1.29, 1.82) is 0 Å². The summed E-state index contributed by atoms with van der Waals surface area (Å²) in [5, 5.41) is 3.98. The minimum absolute atomic E-state index is 0.410. The Kier molecular flexibility index (Phi) is 5.56. The number of para-hydroxylation sites is 1. The molecule has 0 unspecified atom stereocenters. The molecule has 6 rings (SSSR count). The summed E-state index contributed by atoms with van der Waals surface area (Å²) in [7, 11) is 0. The van der Waals surface area contributed by atoms with E-state index in [1.807, 2.05) is 19.1 Å². The van der Waals surface area contributed by atoms with Crippen LogP contribution in [0.3, 0.4) is 0 Å². The van der Waals surface area contributed by atoms with Gasteiger partial charge in [-0.15, -0.1) is 0 Å². The fourth-order valence-corrected chi connectivity index (χ4v) is 5.32. The van der Waals surface area contributed by atoms with Crippen molar-refractivity contribution in [3.63, 3.8) is 0 Å². The van der Waals surface area contributed by atoms with Gasteiger partial charge < -0.3 is 4.74 Å². The number of aryl methyl sites for hydroxylation is 3. The number of aromatic nitrogens is 4. The van der Waals surface area contributed by atoms with Crippen LogP contribution in [-0.2, 0) is 13.0 Å². The van der Waals surface area contributed by atoms with Crippen LogP contribution in [0.5, 0.6) is 5.75 Å². The molecule has 3 heterocycles. The Labute approximate surface area is 214 Å². The van der Waals surface area contributed by atoms with Crippen molar-refractivity contribution in [3.8, 4) is 11.4 Å². The topological polar surface area (TPSA) is 85.9 Å². The van der Waals surface area contributed by atoms with E-state index in [1.54, 1.807) is 0 Å². The lowest BCUT2D eigenvalue weighted by atomic mass is 9.88. The monoisotopic (exact) mass is 492 g/mol. The third-order valence-corrected chi connectivity index (χ3v) is 7.08. The molecule has 3 aromatic carbocycles. The normalized spacial score (nSPS) is 14.2. The molecule has 2 aromatic heterocycles. The first-order chi connectivity index (χ1) is 18.0. The first-order valence-electron chi connectivity index (χ1n) is 12.6. The highest BCUT2D eigenvalue weighted by Crippen LogP contribution is 2.42. The number of benzene rings is 3. The Morgan fingerprint density at radius 3 is 2.68 bits per heavy atom. The van der Waals surface area contributed by atoms with Crippen molar-refractivity contribution in [2.24, 2.45) is 0 Å². The van der Waals surface area contributed by atoms with Crippen LogP contribution >= 0.6 is 0 Å². The summed E-state index contributed by atoms with van der Waals surface area (Å²) in [5.41, 5.74) is 10.3. The second kappa shape index (κ2) is 8.92. The van der Waals surface area contributed by atoms with Crippen molar-refractivity contribution in [2.45, 2.75) is 47.1 Å². The molecule has 0 atom stereocenters. The molecule has 1 N–H and O–H groups in total. The van der Waals surface area contributed by atoms with E-state index in [-0.39, 0.29) is 0 Å². The molecule has 0 saturated heterocycles. The van der Waals surface area contributed by atoms with Crippen molar-refractivity contribution < 1.29 is 9.26 Å². The van der Waals surface area contributed by atoms with Crippen molar-refractivity contribution in [2.75, 3.05) is 0 Å². The van der Waals surface area contributed by atoms with Crippen molar-refractivity contribution in [3.05, 3.63) is 105 Å². The third-order valence-electron chi connectivity index (χ3n) is 7.08. The molecule has 7 heteroatoms. The number of aromatic amines is 1. The second-order valence-corrected chi connectivity index (χ2v) is 9.58. The van der Waals surface area contributed by atoms with Gasteiger partial charge in [0.2, 0.25) is 0 Å². The number of imidazole rings is 1. The van der Waals surface area contributed by atoms with Gasteiger partial charge >= 0.3 is 5.76 Å². The Bertz CT molecular complexity index is 1750. The molecular weight excluding hydrogens is 464 g/mol. The maximum Gasteiger partial charge on any atom is 0.439 e. The molecule has 186 valence electrons. The zero-order chi connectivity index (χ0) is 25.7. The molecule has 0 aliphatic carbocycles. The van der Waals surface area contributed by atoms with Gasteiger partial charge in [-0.05, 0) is 79.3 Å². The fourth-order valence-electron chi connectivity index (χ4n) is 5.32. The number of fused-ring (bicyclic) bond motifs is 3. The molecular formula is C30H28N4O3. The molecule has 1 aliphatic heterocycles. The Morgan fingerprint density at radius 2 is 1.89 bits per heavy atom. The number of nitrogens with zero attached hydrogens (tertiary/aromatic N) is 3. The highest BCUT2D eigenvalue weighted by molar-refractivity contribution is 6.00. The number of allylic oxidation sites excluding steroid dienone is 1. The van der Waals surface area contributed by atoms with Crippen LogP contribution in [0.1, 0.15) is 59.7 Å². The Morgan fingerprint density at radius 1 is 1.08 bits per heavy atom. The van der Waals surface area contributed by atoms with Gasteiger partial charge in [-0.2, -0.15) is 0 Å². The zero-order valence-electron chi connectivity index (χ0n) is 21.4. The number of ether oxygens (including phenoxy) is 1. The van der Waals surface area contributed by atoms with E-state index >= 15 is 0 Å². The van der Waals surface area contributed by atoms with Gasteiger partial charge in [0.25, 0.3) is 0 Å². The van der Waals surface area contributed by atoms with E-state index in [0.717, 1.165) is 74.5 Å². The van der Waals surface area contributed by atoms with Gasteiger partial charge in [0.15, 0.2) is 5.82 Å². The lowest BCUT2D eigenvalue weighted by molar-refractivity contribution is 0.307. The van der Waals surface area contributed by atoms with E-state index in [1.165, 1.54) is 5.56 Å². The van der Waals surface area contributed by atoms with Gasteiger partial charge in [-0.3, -0.25) is 14.1 Å². The van der Waals surface area contributed by atoms with Gasteiger partial charge in [-0.1, -0.05) is 42.4 Å².